The number of carbonyl (C=O) groups excluding carboxylic acids is 1. The minimum absolute atomic E-state index is 0.316. The van der Waals surface area contributed by atoms with Gasteiger partial charge in [0.2, 0.25) is 0 Å². The fourth-order valence-electron chi connectivity index (χ4n) is 2.99. The molecule has 0 aliphatic rings. The maximum atomic E-state index is 12.7. The summed E-state index contributed by atoms with van der Waals surface area (Å²) in [5.74, 6) is -0.316. The van der Waals surface area contributed by atoms with Crippen LogP contribution in [0.25, 0.3) is 0 Å². The lowest BCUT2D eigenvalue weighted by Gasteiger charge is -2.27. The Labute approximate surface area is 153 Å². The van der Waals surface area contributed by atoms with Gasteiger partial charge in [-0.05, 0) is 31.4 Å². The number of carbonyl (C=O) groups is 1. The van der Waals surface area contributed by atoms with Gasteiger partial charge in [-0.3, -0.25) is 15.6 Å². The summed E-state index contributed by atoms with van der Waals surface area (Å²) < 4.78 is 0. The first kappa shape index (κ1) is 21.5. The molecule has 0 saturated carbocycles. The number of hydrogen-bond donors (Lipinski definition) is 3. The Morgan fingerprint density at radius 2 is 1.52 bits per heavy atom. The van der Waals surface area contributed by atoms with Crippen LogP contribution in [-0.2, 0) is 4.79 Å². The van der Waals surface area contributed by atoms with Gasteiger partial charge in [0.05, 0.1) is 5.69 Å². The van der Waals surface area contributed by atoms with E-state index in [0.29, 0.717) is 12.8 Å². The summed E-state index contributed by atoms with van der Waals surface area (Å²) in [6.07, 6.45) is 9.54. The van der Waals surface area contributed by atoms with E-state index in [1.54, 1.807) is 0 Å². The number of amides is 1. The van der Waals surface area contributed by atoms with Gasteiger partial charge in [0.1, 0.15) is 5.60 Å². The van der Waals surface area contributed by atoms with E-state index in [9.17, 15) is 9.90 Å². The third-order valence-corrected chi connectivity index (χ3v) is 4.77. The van der Waals surface area contributed by atoms with Gasteiger partial charge in [0, 0.05) is 0 Å². The van der Waals surface area contributed by atoms with Crippen molar-refractivity contribution < 1.29 is 9.90 Å². The van der Waals surface area contributed by atoms with Crippen LogP contribution in [0.3, 0.4) is 0 Å². The third-order valence-electron chi connectivity index (χ3n) is 4.77. The summed E-state index contributed by atoms with van der Waals surface area (Å²) in [5, 5.41) is 11.0. The number of nitrogens with one attached hydrogen (secondary N) is 2. The van der Waals surface area contributed by atoms with E-state index < -0.39 is 5.60 Å². The van der Waals surface area contributed by atoms with Crippen LogP contribution in [-0.4, -0.2) is 16.6 Å². The Morgan fingerprint density at radius 1 is 0.960 bits per heavy atom. The molecule has 1 aromatic rings. The Morgan fingerprint density at radius 3 is 2.04 bits per heavy atom. The number of benzene rings is 1. The second kappa shape index (κ2) is 11.9. The summed E-state index contributed by atoms with van der Waals surface area (Å²) in [7, 11) is 0. The van der Waals surface area contributed by atoms with Crippen LogP contribution in [0.2, 0.25) is 0 Å². The number of unbranched alkanes of at least 4 members (excludes halogenated alkanes) is 6. The van der Waals surface area contributed by atoms with Crippen molar-refractivity contribution in [1.82, 2.24) is 5.43 Å². The zero-order chi connectivity index (χ0) is 18.5. The van der Waals surface area contributed by atoms with Gasteiger partial charge in [-0.1, -0.05) is 83.4 Å². The van der Waals surface area contributed by atoms with Crippen molar-refractivity contribution in [2.45, 2.75) is 90.6 Å². The fraction of sp³-hybridized carbons (Fsp3) is 0.667. The van der Waals surface area contributed by atoms with Crippen molar-refractivity contribution in [3.05, 3.63) is 29.8 Å². The van der Waals surface area contributed by atoms with Crippen molar-refractivity contribution in [2.24, 2.45) is 0 Å². The molecule has 3 N–H and O–H groups in total. The molecular formula is C21H36N2O2. The van der Waals surface area contributed by atoms with Gasteiger partial charge in [-0.2, -0.15) is 0 Å². The van der Waals surface area contributed by atoms with Crippen molar-refractivity contribution in [3.8, 4) is 0 Å². The Kier molecular flexibility index (Phi) is 10.2. The topological polar surface area (TPSA) is 61.4 Å². The second-order valence-electron chi connectivity index (χ2n) is 7.05. The number of aryl methyl sites for hydroxylation is 1. The van der Waals surface area contributed by atoms with E-state index in [1.165, 1.54) is 0 Å². The Bertz CT molecular complexity index is 490. The van der Waals surface area contributed by atoms with E-state index in [1.807, 2.05) is 31.2 Å². The SMILES string of the molecule is CCCCCCC(O)(CCCCCC)C(=O)NNc1ccccc1C. The van der Waals surface area contributed by atoms with Gasteiger partial charge in [-0.25, -0.2) is 0 Å². The molecule has 0 aliphatic carbocycles. The summed E-state index contributed by atoms with van der Waals surface area (Å²) in [6, 6.07) is 7.77. The standard InChI is InChI=1S/C21H36N2O2/c1-4-6-8-12-16-21(25,17-13-9-7-5-2)20(24)23-22-19-15-11-10-14-18(19)3/h10-11,14-15,22,25H,4-9,12-13,16-17H2,1-3H3,(H,23,24). The lowest BCUT2D eigenvalue weighted by atomic mass is 9.89. The van der Waals surface area contributed by atoms with Crippen LogP contribution in [0.5, 0.6) is 0 Å². The molecule has 1 amide bonds. The molecular weight excluding hydrogens is 312 g/mol. The molecule has 0 atom stereocenters. The molecule has 0 fully saturated rings. The summed E-state index contributed by atoms with van der Waals surface area (Å²) in [4.78, 5) is 12.7. The smallest absolute Gasteiger partial charge is 0.270 e. The molecule has 0 bridgehead atoms. The van der Waals surface area contributed by atoms with Crippen LogP contribution in [0.15, 0.2) is 24.3 Å². The molecule has 0 spiro atoms. The monoisotopic (exact) mass is 348 g/mol. The Balaban J connectivity index is 2.61. The number of anilines is 1. The van der Waals surface area contributed by atoms with Gasteiger partial charge in [-0.15, -0.1) is 0 Å². The molecule has 0 heterocycles. The predicted molar refractivity (Wildman–Crippen MR) is 105 cm³/mol. The molecule has 0 aromatic heterocycles. The van der Waals surface area contributed by atoms with Crippen LogP contribution in [0.1, 0.15) is 83.6 Å². The highest BCUT2D eigenvalue weighted by Crippen LogP contribution is 2.24. The number of hydrazine groups is 1. The maximum Gasteiger partial charge on any atom is 0.270 e. The molecule has 25 heavy (non-hydrogen) atoms. The number of aliphatic hydroxyl groups is 1. The summed E-state index contributed by atoms with van der Waals surface area (Å²) >= 11 is 0. The van der Waals surface area contributed by atoms with Crippen molar-refractivity contribution in [2.75, 3.05) is 5.43 Å². The lowest BCUT2D eigenvalue weighted by Crippen LogP contribution is -2.49. The molecule has 1 rings (SSSR count). The highest BCUT2D eigenvalue weighted by atomic mass is 16.3. The minimum Gasteiger partial charge on any atom is -0.380 e. The van der Waals surface area contributed by atoms with Crippen LogP contribution < -0.4 is 10.9 Å². The first-order valence-corrected chi connectivity index (χ1v) is 9.88. The molecule has 4 heteroatoms. The highest BCUT2D eigenvalue weighted by Gasteiger charge is 2.34. The molecule has 0 aliphatic heterocycles. The molecule has 0 radical (unpaired) electrons. The quantitative estimate of drug-likeness (QED) is 0.343. The maximum absolute atomic E-state index is 12.7. The second-order valence-corrected chi connectivity index (χ2v) is 7.05. The average Bonchev–Trinajstić information content (AvgIpc) is 2.61. The minimum atomic E-state index is -1.28. The van der Waals surface area contributed by atoms with Gasteiger partial charge in [0.15, 0.2) is 0 Å². The first-order chi connectivity index (χ1) is 12.0. The molecule has 4 nitrogen and oxygen atoms in total. The highest BCUT2D eigenvalue weighted by molar-refractivity contribution is 5.86. The van der Waals surface area contributed by atoms with E-state index >= 15 is 0 Å². The van der Waals surface area contributed by atoms with Gasteiger partial charge >= 0.3 is 0 Å². The average molecular weight is 349 g/mol. The molecule has 1 aromatic carbocycles. The van der Waals surface area contributed by atoms with Crippen LogP contribution in [0, 0.1) is 6.92 Å². The summed E-state index contributed by atoms with van der Waals surface area (Å²) in [5.41, 5.74) is 6.31. The zero-order valence-corrected chi connectivity index (χ0v) is 16.2. The van der Waals surface area contributed by atoms with E-state index in [-0.39, 0.29) is 5.91 Å². The fourth-order valence-corrected chi connectivity index (χ4v) is 2.99. The number of para-hydroxylation sites is 1. The first-order valence-electron chi connectivity index (χ1n) is 9.88. The number of rotatable bonds is 13. The van der Waals surface area contributed by atoms with Crippen LogP contribution >= 0.6 is 0 Å². The van der Waals surface area contributed by atoms with E-state index in [4.69, 9.17) is 0 Å². The molecule has 0 saturated heterocycles. The zero-order valence-electron chi connectivity index (χ0n) is 16.2. The van der Waals surface area contributed by atoms with E-state index in [0.717, 1.165) is 62.6 Å². The lowest BCUT2D eigenvalue weighted by molar-refractivity contribution is -0.141. The van der Waals surface area contributed by atoms with E-state index in [2.05, 4.69) is 24.7 Å². The number of hydrogen-bond acceptors (Lipinski definition) is 3. The van der Waals surface area contributed by atoms with Crippen molar-refractivity contribution in [3.63, 3.8) is 0 Å². The Hall–Kier alpha value is -1.55. The van der Waals surface area contributed by atoms with Crippen LogP contribution in [0.4, 0.5) is 5.69 Å². The molecule has 142 valence electrons. The van der Waals surface area contributed by atoms with Crippen molar-refractivity contribution in [1.29, 1.82) is 0 Å². The largest absolute Gasteiger partial charge is 0.380 e. The third kappa shape index (κ3) is 7.91. The predicted octanol–water partition coefficient (Wildman–Crippen LogP) is 5.11. The van der Waals surface area contributed by atoms with Crippen molar-refractivity contribution >= 4 is 11.6 Å². The van der Waals surface area contributed by atoms with Gasteiger partial charge in [0.25, 0.3) is 5.91 Å². The summed E-state index contributed by atoms with van der Waals surface area (Å²) in [6.45, 7) is 6.31. The molecule has 0 unspecified atom stereocenters. The normalized spacial score (nSPS) is 11.4. The van der Waals surface area contributed by atoms with Gasteiger partial charge < -0.3 is 5.11 Å².